The van der Waals surface area contributed by atoms with E-state index in [1.165, 1.54) is 31.2 Å². The number of nitro groups is 1. The highest BCUT2D eigenvalue weighted by Gasteiger charge is 2.18. The number of nitrogens with zero attached hydrogens (tertiary/aromatic N) is 2. The van der Waals surface area contributed by atoms with Crippen molar-refractivity contribution in [2.45, 2.75) is 11.8 Å². The second-order valence-corrected chi connectivity index (χ2v) is 6.79. The molecule has 0 bridgehead atoms. The van der Waals surface area contributed by atoms with E-state index in [0.717, 1.165) is 6.20 Å². The Morgan fingerprint density at radius 2 is 1.91 bits per heavy atom. The molecule has 1 N–H and O–H groups in total. The average Bonchev–Trinajstić information content (AvgIpc) is 2.43. The van der Waals surface area contributed by atoms with E-state index in [1.807, 2.05) is 0 Å². The van der Waals surface area contributed by atoms with E-state index in [1.54, 1.807) is 0 Å². The third-order valence-corrected chi connectivity index (χ3v) is 4.78. The van der Waals surface area contributed by atoms with Crippen molar-refractivity contribution in [3.8, 4) is 0 Å². The Kier molecular flexibility index (Phi) is 4.55. The second-order valence-electron chi connectivity index (χ2n) is 4.30. The number of sulfonamides is 1. The van der Waals surface area contributed by atoms with Crippen molar-refractivity contribution in [3.63, 3.8) is 0 Å². The summed E-state index contributed by atoms with van der Waals surface area (Å²) in [5.74, 6) is -0.00308. The topological polar surface area (TPSA) is 102 Å². The van der Waals surface area contributed by atoms with E-state index in [9.17, 15) is 18.5 Å². The molecule has 0 radical (unpaired) electrons. The first-order valence-electron chi connectivity index (χ1n) is 5.79. The molecule has 0 atom stereocenters. The minimum Gasteiger partial charge on any atom is -0.263 e. The number of nitrogens with one attached hydrogen (secondary N) is 1. The molecule has 0 aliphatic rings. The van der Waals surface area contributed by atoms with Crippen LogP contribution >= 0.6 is 23.2 Å². The lowest BCUT2D eigenvalue weighted by Crippen LogP contribution is -2.15. The molecule has 1 aromatic carbocycles. The lowest BCUT2D eigenvalue weighted by atomic mass is 10.3. The van der Waals surface area contributed by atoms with Gasteiger partial charge in [0, 0.05) is 6.07 Å². The summed E-state index contributed by atoms with van der Waals surface area (Å²) in [7, 11) is -3.93. The molecule has 0 saturated carbocycles. The van der Waals surface area contributed by atoms with Crippen LogP contribution < -0.4 is 4.72 Å². The number of hydrogen-bond acceptors (Lipinski definition) is 5. The van der Waals surface area contributed by atoms with Crippen LogP contribution in [0.1, 0.15) is 5.56 Å². The maximum Gasteiger partial charge on any atom is 0.287 e. The molecule has 1 heterocycles. The highest BCUT2D eigenvalue weighted by molar-refractivity contribution is 7.92. The molecule has 0 amide bonds. The van der Waals surface area contributed by atoms with Crippen molar-refractivity contribution in [2.24, 2.45) is 0 Å². The molecule has 2 aromatic rings. The van der Waals surface area contributed by atoms with Crippen LogP contribution in [0.2, 0.25) is 10.0 Å². The minimum absolute atomic E-state index is 0.00308. The van der Waals surface area contributed by atoms with Crippen molar-refractivity contribution < 1.29 is 13.3 Å². The van der Waals surface area contributed by atoms with Gasteiger partial charge in [0.1, 0.15) is 12.0 Å². The Labute approximate surface area is 136 Å². The Hall–Kier alpha value is -1.90. The van der Waals surface area contributed by atoms with Gasteiger partial charge in [-0.1, -0.05) is 23.2 Å². The van der Waals surface area contributed by atoms with Crippen LogP contribution in [-0.2, 0) is 10.0 Å². The van der Waals surface area contributed by atoms with Crippen molar-refractivity contribution in [1.82, 2.24) is 4.98 Å². The summed E-state index contributed by atoms with van der Waals surface area (Å²) in [5.41, 5.74) is 0.0906. The van der Waals surface area contributed by atoms with Gasteiger partial charge >= 0.3 is 0 Å². The van der Waals surface area contributed by atoms with Gasteiger partial charge in [-0.15, -0.1) is 0 Å². The fourth-order valence-electron chi connectivity index (χ4n) is 1.60. The molecular formula is C12H9Cl2N3O4S. The Morgan fingerprint density at radius 1 is 1.23 bits per heavy atom. The quantitative estimate of drug-likeness (QED) is 0.663. The van der Waals surface area contributed by atoms with Crippen molar-refractivity contribution in [1.29, 1.82) is 0 Å². The number of anilines is 1. The number of rotatable bonds is 4. The summed E-state index contributed by atoms with van der Waals surface area (Å²) in [6, 6.07) is 5.07. The Balaban J connectivity index is 2.36. The average molecular weight is 362 g/mol. The molecule has 0 aliphatic heterocycles. The van der Waals surface area contributed by atoms with Gasteiger partial charge in [0.2, 0.25) is 0 Å². The predicted octanol–water partition coefficient (Wildman–Crippen LogP) is 3.41. The third-order valence-electron chi connectivity index (χ3n) is 2.71. The molecule has 7 nitrogen and oxygen atoms in total. The maximum atomic E-state index is 12.2. The van der Waals surface area contributed by atoms with E-state index in [4.69, 9.17) is 23.2 Å². The number of pyridine rings is 1. The van der Waals surface area contributed by atoms with Crippen LogP contribution in [0.5, 0.6) is 0 Å². The Bertz CT molecular complexity index is 855. The van der Waals surface area contributed by atoms with E-state index >= 15 is 0 Å². The summed E-state index contributed by atoms with van der Waals surface area (Å²) in [6.45, 7) is 1.51. The lowest BCUT2D eigenvalue weighted by Gasteiger charge is -2.10. The van der Waals surface area contributed by atoms with Gasteiger partial charge in [-0.2, -0.15) is 0 Å². The number of halogens is 2. The predicted molar refractivity (Wildman–Crippen MR) is 82.9 cm³/mol. The fraction of sp³-hybridized carbons (Fsp3) is 0.0833. The van der Waals surface area contributed by atoms with Crippen LogP contribution in [0.25, 0.3) is 0 Å². The third kappa shape index (κ3) is 3.46. The molecule has 0 fully saturated rings. The van der Waals surface area contributed by atoms with Gasteiger partial charge in [0.25, 0.3) is 15.7 Å². The van der Waals surface area contributed by atoms with E-state index in [-0.39, 0.29) is 26.4 Å². The molecule has 22 heavy (non-hydrogen) atoms. The maximum absolute atomic E-state index is 12.2. The normalized spacial score (nSPS) is 11.2. The van der Waals surface area contributed by atoms with Gasteiger partial charge in [0.15, 0.2) is 0 Å². The highest BCUT2D eigenvalue weighted by atomic mass is 35.5. The molecule has 0 saturated heterocycles. The zero-order valence-corrected chi connectivity index (χ0v) is 13.4. The zero-order valence-electron chi connectivity index (χ0n) is 11.1. The van der Waals surface area contributed by atoms with Gasteiger partial charge in [-0.3, -0.25) is 14.8 Å². The number of hydrogen-bond donors (Lipinski definition) is 1. The molecule has 0 unspecified atom stereocenters. The lowest BCUT2D eigenvalue weighted by molar-refractivity contribution is -0.385. The van der Waals surface area contributed by atoms with E-state index in [0.29, 0.717) is 5.56 Å². The summed E-state index contributed by atoms with van der Waals surface area (Å²) in [6.07, 6.45) is 0.972. The molecule has 0 aliphatic carbocycles. The molecular weight excluding hydrogens is 353 g/mol. The van der Waals surface area contributed by atoms with Crippen LogP contribution in [0.3, 0.4) is 0 Å². The van der Waals surface area contributed by atoms with Crippen LogP contribution in [0, 0.1) is 17.0 Å². The van der Waals surface area contributed by atoms with Crippen LogP contribution in [-0.4, -0.2) is 18.3 Å². The van der Waals surface area contributed by atoms with Gasteiger partial charge in [-0.25, -0.2) is 13.4 Å². The summed E-state index contributed by atoms with van der Waals surface area (Å²) < 4.78 is 26.8. The van der Waals surface area contributed by atoms with Crippen LogP contribution in [0.4, 0.5) is 11.5 Å². The smallest absolute Gasteiger partial charge is 0.263 e. The highest BCUT2D eigenvalue weighted by Crippen LogP contribution is 2.26. The fourth-order valence-corrected chi connectivity index (χ4v) is 3.07. The number of aryl methyl sites for hydroxylation is 1. The van der Waals surface area contributed by atoms with Crippen molar-refractivity contribution in [2.75, 3.05) is 4.72 Å². The van der Waals surface area contributed by atoms with E-state index < -0.39 is 14.9 Å². The number of aromatic nitrogens is 1. The van der Waals surface area contributed by atoms with Crippen molar-refractivity contribution >= 4 is 44.7 Å². The molecule has 0 spiro atoms. The summed E-state index contributed by atoms with van der Waals surface area (Å²) in [5, 5.41) is 11.0. The van der Waals surface area contributed by atoms with Gasteiger partial charge in [0.05, 0.1) is 19.9 Å². The summed E-state index contributed by atoms with van der Waals surface area (Å²) in [4.78, 5) is 13.7. The molecule has 116 valence electrons. The van der Waals surface area contributed by atoms with Gasteiger partial charge < -0.3 is 0 Å². The SMILES string of the molecule is Cc1cc([N+](=O)[O-])cnc1NS(=O)(=O)c1ccc(Cl)c(Cl)c1. The standard InChI is InChI=1S/C12H9Cl2N3O4S/c1-7-4-8(17(18)19)6-15-12(7)16-22(20,21)9-2-3-10(13)11(14)5-9/h2-6H,1H3,(H,15,16). The van der Waals surface area contributed by atoms with E-state index in [2.05, 4.69) is 9.71 Å². The zero-order chi connectivity index (χ0) is 16.5. The van der Waals surface area contributed by atoms with Crippen molar-refractivity contribution in [3.05, 3.63) is 56.2 Å². The second kappa shape index (κ2) is 6.07. The first kappa shape index (κ1) is 16.5. The molecule has 2 rings (SSSR count). The first-order chi connectivity index (χ1) is 10.2. The van der Waals surface area contributed by atoms with Gasteiger partial charge in [-0.05, 0) is 30.7 Å². The monoisotopic (exact) mass is 361 g/mol. The largest absolute Gasteiger partial charge is 0.287 e. The minimum atomic E-state index is -3.93. The Morgan fingerprint density at radius 3 is 2.45 bits per heavy atom. The number of benzene rings is 1. The van der Waals surface area contributed by atoms with Crippen LogP contribution in [0.15, 0.2) is 35.4 Å². The molecule has 10 heteroatoms. The molecule has 1 aromatic heterocycles. The summed E-state index contributed by atoms with van der Waals surface area (Å²) >= 11 is 11.5. The first-order valence-corrected chi connectivity index (χ1v) is 8.03.